The van der Waals surface area contributed by atoms with Gasteiger partial charge in [-0.05, 0) is 30.2 Å². The van der Waals surface area contributed by atoms with Crippen LogP contribution in [0.2, 0.25) is 0 Å². The lowest BCUT2D eigenvalue weighted by Crippen LogP contribution is -2.20. The van der Waals surface area contributed by atoms with Gasteiger partial charge in [-0.1, -0.05) is 24.3 Å². The topological polar surface area (TPSA) is 12.0 Å². The highest BCUT2D eigenvalue weighted by Gasteiger charge is 2.10. The molecule has 0 saturated carbocycles. The van der Waals surface area contributed by atoms with Gasteiger partial charge in [0.2, 0.25) is 0 Å². The molecule has 0 bridgehead atoms. The summed E-state index contributed by atoms with van der Waals surface area (Å²) in [6.45, 7) is 1.75. The summed E-state index contributed by atoms with van der Waals surface area (Å²) in [4.78, 5) is 0. The molecule has 1 aliphatic rings. The van der Waals surface area contributed by atoms with Crippen molar-refractivity contribution < 1.29 is 8.78 Å². The Labute approximate surface area is 87.8 Å². The zero-order chi connectivity index (χ0) is 10.7. The molecule has 2 rings (SSSR count). The predicted molar refractivity (Wildman–Crippen MR) is 56.9 cm³/mol. The Balaban J connectivity index is 2.27. The average Bonchev–Trinajstić information content (AvgIpc) is 2.30. The smallest absolute Gasteiger partial charge is 0.263 e. The zero-order valence-corrected chi connectivity index (χ0v) is 8.34. The maximum absolute atomic E-state index is 12.5. The Morgan fingerprint density at radius 1 is 1.27 bits per heavy atom. The number of rotatable bonds is 2. The van der Waals surface area contributed by atoms with Crippen LogP contribution < -0.4 is 5.32 Å². The molecule has 1 heterocycles. The minimum atomic E-state index is -2.38. The fourth-order valence-electron chi connectivity index (χ4n) is 1.76. The van der Waals surface area contributed by atoms with E-state index in [2.05, 4.69) is 11.4 Å². The van der Waals surface area contributed by atoms with Crippen LogP contribution in [0.5, 0.6) is 0 Å². The van der Waals surface area contributed by atoms with Crippen LogP contribution in [-0.4, -0.2) is 13.1 Å². The molecule has 0 fully saturated rings. The molecule has 80 valence electrons. The minimum absolute atomic E-state index is 0.104. The maximum Gasteiger partial charge on any atom is 0.263 e. The second-order valence-corrected chi connectivity index (χ2v) is 3.61. The van der Waals surface area contributed by atoms with Gasteiger partial charge >= 0.3 is 0 Å². The maximum atomic E-state index is 12.5. The van der Waals surface area contributed by atoms with Crippen molar-refractivity contribution in [3.05, 3.63) is 41.5 Å². The van der Waals surface area contributed by atoms with E-state index in [-0.39, 0.29) is 5.56 Å². The van der Waals surface area contributed by atoms with Gasteiger partial charge in [0.25, 0.3) is 6.43 Å². The lowest BCUT2D eigenvalue weighted by atomic mass is 9.98. The number of nitrogens with one attached hydrogen (secondary N) is 1. The van der Waals surface area contributed by atoms with Gasteiger partial charge in [-0.15, -0.1) is 0 Å². The molecule has 1 aromatic rings. The van der Waals surface area contributed by atoms with Gasteiger partial charge in [-0.25, -0.2) is 8.78 Å². The molecule has 0 saturated heterocycles. The third-order valence-corrected chi connectivity index (χ3v) is 2.57. The summed E-state index contributed by atoms with van der Waals surface area (Å²) in [5.74, 6) is 0. The Morgan fingerprint density at radius 2 is 2.13 bits per heavy atom. The number of hydrogen-bond donors (Lipinski definition) is 1. The molecule has 1 aliphatic heterocycles. The molecule has 0 atom stereocenters. The molecule has 1 aromatic carbocycles. The number of benzene rings is 1. The first-order valence-corrected chi connectivity index (χ1v) is 5.05. The minimum Gasteiger partial charge on any atom is -0.313 e. The van der Waals surface area contributed by atoms with E-state index in [9.17, 15) is 8.78 Å². The number of alkyl halides is 2. The van der Waals surface area contributed by atoms with Crippen LogP contribution in [-0.2, 0) is 0 Å². The number of hydrogen-bond acceptors (Lipinski definition) is 1. The monoisotopic (exact) mass is 209 g/mol. The Kier molecular flexibility index (Phi) is 3.11. The Bertz CT molecular complexity index is 372. The van der Waals surface area contributed by atoms with Crippen LogP contribution >= 0.6 is 0 Å². The van der Waals surface area contributed by atoms with Crippen LogP contribution in [0, 0.1) is 0 Å². The molecule has 0 unspecified atom stereocenters. The summed E-state index contributed by atoms with van der Waals surface area (Å²) in [6, 6.07) is 6.64. The first-order valence-electron chi connectivity index (χ1n) is 5.05. The van der Waals surface area contributed by atoms with Gasteiger partial charge in [0.05, 0.1) is 0 Å². The molecule has 0 aliphatic carbocycles. The van der Waals surface area contributed by atoms with E-state index in [0.29, 0.717) is 0 Å². The first-order chi connectivity index (χ1) is 7.27. The fraction of sp³-hybridized carbons (Fsp3) is 0.333. The lowest BCUT2D eigenvalue weighted by molar-refractivity contribution is 0.151. The van der Waals surface area contributed by atoms with Crippen LogP contribution in [0.15, 0.2) is 30.3 Å². The van der Waals surface area contributed by atoms with E-state index >= 15 is 0 Å². The summed E-state index contributed by atoms with van der Waals surface area (Å²) in [7, 11) is 0. The molecule has 0 amide bonds. The van der Waals surface area contributed by atoms with Gasteiger partial charge < -0.3 is 5.32 Å². The van der Waals surface area contributed by atoms with E-state index in [4.69, 9.17) is 0 Å². The van der Waals surface area contributed by atoms with E-state index in [0.717, 1.165) is 30.6 Å². The third kappa shape index (κ3) is 2.42. The summed E-state index contributed by atoms with van der Waals surface area (Å²) in [6.07, 6.45) is 0.591. The second kappa shape index (κ2) is 4.53. The van der Waals surface area contributed by atoms with Crippen molar-refractivity contribution in [1.82, 2.24) is 5.32 Å². The van der Waals surface area contributed by atoms with Crippen molar-refractivity contribution >= 4 is 5.57 Å². The van der Waals surface area contributed by atoms with Crippen LogP contribution in [0.4, 0.5) is 8.78 Å². The number of halogens is 2. The summed E-state index contributed by atoms with van der Waals surface area (Å²) < 4.78 is 25.0. The van der Waals surface area contributed by atoms with Gasteiger partial charge in [0, 0.05) is 12.1 Å². The average molecular weight is 209 g/mol. The quantitative estimate of drug-likeness (QED) is 0.789. The van der Waals surface area contributed by atoms with Crippen molar-refractivity contribution in [3.8, 4) is 0 Å². The van der Waals surface area contributed by atoms with Crippen molar-refractivity contribution in [3.63, 3.8) is 0 Å². The molecular formula is C12H13F2N. The summed E-state index contributed by atoms with van der Waals surface area (Å²) in [5, 5.41) is 3.20. The molecular weight excluding hydrogens is 196 g/mol. The van der Waals surface area contributed by atoms with Gasteiger partial charge in [0.15, 0.2) is 0 Å². The van der Waals surface area contributed by atoms with E-state index in [1.54, 1.807) is 12.1 Å². The molecule has 1 N–H and O–H groups in total. The fourth-order valence-corrected chi connectivity index (χ4v) is 1.76. The normalized spacial score (nSPS) is 16.6. The molecule has 15 heavy (non-hydrogen) atoms. The molecule has 1 nitrogen and oxygen atoms in total. The predicted octanol–water partition coefficient (Wildman–Crippen LogP) is 3.00. The highest BCUT2D eigenvalue weighted by molar-refractivity contribution is 5.67. The highest BCUT2D eigenvalue weighted by atomic mass is 19.3. The Morgan fingerprint density at radius 3 is 2.80 bits per heavy atom. The largest absolute Gasteiger partial charge is 0.313 e. The molecule has 0 aromatic heterocycles. The van der Waals surface area contributed by atoms with Crippen molar-refractivity contribution in [1.29, 1.82) is 0 Å². The SMILES string of the molecule is FC(F)c1cccc(C2=CCNCC2)c1. The lowest BCUT2D eigenvalue weighted by Gasteiger charge is -2.14. The molecule has 0 spiro atoms. The van der Waals surface area contributed by atoms with E-state index in [1.807, 2.05) is 6.07 Å². The van der Waals surface area contributed by atoms with Crippen molar-refractivity contribution in [2.75, 3.05) is 13.1 Å². The molecule has 0 radical (unpaired) electrons. The van der Waals surface area contributed by atoms with Gasteiger partial charge in [-0.3, -0.25) is 0 Å². The summed E-state index contributed by atoms with van der Waals surface area (Å²) in [5.41, 5.74) is 2.19. The highest BCUT2D eigenvalue weighted by Crippen LogP contribution is 2.25. The van der Waals surface area contributed by atoms with E-state index < -0.39 is 6.43 Å². The van der Waals surface area contributed by atoms with Crippen LogP contribution in [0.25, 0.3) is 5.57 Å². The van der Waals surface area contributed by atoms with Crippen molar-refractivity contribution in [2.24, 2.45) is 0 Å². The Hall–Kier alpha value is -1.22. The van der Waals surface area contributed by atoms with Crippen LogP contribution in [0.3, 0.4) is 0 Å². The summed E-state index contributed by atoms with van der Waals surface area (Å²) >= 11 is 0. The third-order valence-electron chi connectivity index (χ3n) is 2.57. The van der Waals surface area contributed by atoms with Crippen LogP contribution in [0.1, 0.15) is 24.0 Å². The second-order valence-electron chi connectivity index (χ2n) is 3.61. The van der Waals surface area contributed by atoms with E-state index in [1.165, 1.54) is 6.07 Å². The zero-order valence-electron chi connectivity index (χ0n) is 8.34. The van der Waals surface area contributed by atoms with Gasteiger partial charge in [0.1, 0.15) is 0 Å². The molecule has 3 heteroatoms. The van der Waals surface area contributed by atoms with Gasteiger partial charge in [-0.2, -0.15) is 0 Å². The van der Waals surface area contributed by atoms with Crippen molar-refractivity contribution in [2.45, 2.75) is 12.8 Å². The standard InChI is InChI=1S/C12H13F2N/c13-12(14)11-3-1-2-10(8-11)9-4-6-15-7-5-9/h1-4,8,12,15H,5-7H2. The first kappa shape index (κ1) is 10.3.